The van der Waals surface area contributed by atoms with Crippen molar-refractivity contribution in [3.63, 3.8) is 0 Å². The minimum absolute atomic E-state index is 0.117. The molecule has 2 aromatic rings. The smallest absolute Gasteiger partial charge is 0.333 e. The first-order chi connectivity index (χ1) is 29.8. The van der Waals surface area contributed by atoms with Crippen molar-refractivity contribution < 1.29 is 38.8 Å². The van der Waals surface area contributed by atoms with Crippen LogP contribution in [0.25, 0.3) is 0 Å². The average molecular weight is 860 g/mol. The molecule has 0 spiro atoms. The number of hydrogen-bond acceptors (Lipinski definition) is 12. The number of benzene rings is 2. The van der Waals surface area contributed by atoms with E-state index < -0.39 is 18.0 Å². The number of ether oxygens (including phenoxy) is 4. The number of carbonyl (C=O) groups excluding carboxylic acids is 2. The van der Waals surface area contributed by atoms with Gasteiger partial charge in [0.15, 0.2) is 23.9 Å². The molecule has 340 valence electrons. The molecule has 1 aliphatic carbocycles. The highest BCUT2D eigenvalue weighted by molar-refractivity contribution is 5.87. The summed E-state index contributed by atoms with van der Waals surface area (Å²) in [6.07, 6.45) is 14.2. The molecule has 0 amide bonds. The predicted molar refractivity (Wildman–Crippen MR) is 245 cm³/mol. The van der Waals surface area contributed by atoms with Gasteiger partial charge in [0.05, 0.1) is 32.0 Å². The van der Waals surface area contributed by atoms with Crippen molar-refractivity contribution in [3.05, 3.63) is 94.2 Å². The fourth-order valence-corrected chi connectivity index (χ4v) is 6.60. The van der Waals surface area contributed by atoms with Crippen molar-refractivity contribution in [3.8, 4) is 11.5 Å². The Balaban J connectivity index is 1.98. The van der Waals surface area contributed by atoms with Gasteiger partial charge in [0.25, 0.3) is 0 Å². The summed E-state index contributed by atoms with van der Waals surface area (Å²) in [5, 5.41) is 26.2. The van der Waals surface area contributed by atoms with Crippen molar-refractivity contribution in [2.45, 2.75) is 112 Å². The van der Waals surface area contributed by atoms with Gasteiger partial charge in [-0.05, 0) is 81.4 Å². The lowest BCUT2D eigenvalue weighted by Crippen LogP contribution is -2.81. The summed E-state index contributed by atoms with van der Waals surface area (Å²) < 4.78 is 24.0. The number of anilines is 1. The molecule has 1 aliphatic rings. The highest BCUT2D eigenvalue weighted by Crippen LogP contribution is 2.39. The number of nitrogens with two attached hydrogens (primary N) is 1. The molecule has 3 atom stereocenters. The maximum atomic E-state index is 12.1. The van der Waals surface area contributed by atoms with E-state index in [-0.39, 0.29) is 18.1 Å². The van der Waals surface area contributed by atoms with E-state index in [1.54, 1.807) is 26.0 Å². The highest BCUT2D eigenvalue weighted by Gasteiger charge is 2.21. The van der Waals surface area contributed by atoms with Crippen LogP contribution < -0.4 is 25.0 Å². The van der Waals surface area contributed by atoms with Crippen LogP contribution in [0.1, 0.15) is 105 Å². The molecule has 3 rings (SSSR count). The van der Waals surface area contributed by atoms with E-state index in [0.29, 0.717) is 85.2 Å². The molecule has 3 N–H and O–H groups in total. The lowest BCUT2D eigenvalue weighted by molar-refractivity contribution is -0.575. The van der Waals surface area contributed by atoms with Gasteiger partial charge in [-0.15, -0.1) is 5.11 Å². The minimum atomic E-state index is -0.708. The van der Waals surface area contributed by atoms with Crippen molar-refractivity contribution in [2.24, 2.45) is 22.1 Å². The largest absolute Gasteiger partial charge is 0.491 e. The van der Waals surface area contributed by atoms with E-state index in [2.05, 4.69) is 46.2 Å². The number of quaternary nitrogens is 1. The minimum Gasteiger partial charge on any atom is -0.491 e. The number of rotatable bonds is 30. The Morgan fingerprint density at radius 3 is 1.97 bits per heavy atom. The standard InChI is InChI=1S/C48H70N6O8/c1-10-14-16-37(12-3)31-61-45-30-44(46(62-32-38(13-4)17-15-11-2)29-43(45)50-33-49-39-18-20-40(21-19-39)54(57)58)52-51-42-23-22-41(28-36(42)9)53(24-26-59-47(55)34(5)6)25-27-60-48(56)35(7)8/h18-20,22-23,28-30,37-38,40,49-50H,5,7,10-17,21,24-27,31-33H2,1-4,6,8-9H3/p+1. The number of nitro groups is 1. The first-order valence-electron chi connectivity index (χ1n) is 22.2. The van der Waals surface area contributed by atoms with E-state index in [0.717, 1.165) is 74.0 Å². The van der Waals surface area contributed by atoms with Crippen molar-refractivity contribution >= 4 is 34.7 Å². The quantitative estimate of drug-likeness (QED) is 0.0147. The fraction of sp³-hybridized carbons (Fsp3) is 0.542. The van der Waals surface area contributed by atoms with Crippen LogP contribution in [0.4, 0.5) is 22.7 Å². The third kappa shape index (κ3) is 17.5. The Hall–Kier alpha value is -5.50. The molecule has 0 aromatic heterocycles. The Morgan fingerprint density at radius 1 is 0.887 bits per heavy atom. The predicted octanol–water partition coefficient (Wildman–Crippen LogP) is 9.88. The summed E-state index contributed by atoms with van der Waals surface area (Å²) in [7, 11) is 0. The zero-order valence-corrected chi connectivity index (χ0v) is 38.2. The van der Waals surface area contributed by atoms with Gasteiger partial charge in [-0.2, -0.15) is 5.11 Å². The number of allylic oxidation sites excluding steroid dienone is 1. The second kappa shape index (κ2) is 27.4. The van der Waals surface area contributed by atoms with Crippen LogP contribution in [0.2, 0.25) is 0 Å². The fourth-order valence-electron chi connectivity index (χ4n) is 6.60. The molecule has 14 heteroatoms. The van der Waals surface area contributed by atoms with E-state index in [4.69, 9.17) is 29.2 Å². The van der Waals surface area contributed by atoms with Crippen LogP contribution in [-0.4, -0.2) is 69.1 Å². The first kappa shape index (κ1) is 50.9. The van der Waals surface area contributed by atoms with Gasteiger partial charge in [0.2, 0.25) is 6.04 Å². The highest BCUT2D eigenvalue weighted by atomic mass is 16.6. The van der Waals surface area contributed by atoms with Gasteiger partial charge in [0.1, 0.15) is 18.9 Å². The molecule has 3 unspecified atom stereocenters. The van der Waals surface area contributed by atoms with Gasteiger partial charge >= 0.3 is 11.9 Å². The number of esters is 2. The molecule has 0 saturated carbocycles. The van der Waals surface area contributed by atoms with Gasteiger partial charge in [0, 0.05) is 46.0 Å². The Labute approximate surface area is 369 Å². The summed E-state index contributed by atoms with van der Waals surface area (Å²) in [5.74, 6) is 1.11. The summed E-state index contributed by atoms with van der Waals surface area (Å²) in [6, 6.07) is 8.95. The third-order valence-corrected chi connectivity index (χ3v) is 10.8. The average Bonchev–Trinajstić information content (AvgIpc) is 3.26. The topological polar surface area (TPSA) is 171 Å². The molecule has 2 aromatic carbocycles. The first-order valence-corrected chi connectivity index (χ1v) is 22.2. The van der Waals surface area contributed by atoms with Gasteiger partial charge in [-0.3, -0.25) is 15.4 Å². The van der Waals surface area contributed by atoms with Crippen LogP contribution in [0.15, 0.2) is 88.8 Å². The monoisotopic (exact) mass is 860 g/mol. The summed E-state index contributed by atoms with van der Waals surface area (Å²) in [4.78, 5) is 37.1. The van der Waals surface area contributed by atoms with Crippen molar-refractivity contribution in [1.82, 2.24) is 5.32 Å². The zero-order chi connectivity index (χ0) is 45.4. The summed E-state index contributed by atoms with van der Waals surface area (Å²) in [6.45, 7) is 23.7. The summed E-state index contributed by atoms with van der Waals surface area (Å²) in [5.41, 5.74) is 5.19. The molecule has 0 saturated heterocycles. The SMILES string of the molecule is C=C(C)C(=O)OCCN(CCOC(=O)C(=C)C)c1ccc(N=Nc2cc(OCC(CC)CCCC)c([NH2+]CNC3=CCC([N+](=O)[O-])C=C3)cc2OCC(CC)CCCC)c(C)c1. The zero-order valence-electron chi connectivity index (χ0n) is 38.2. The van der Waals surface area contributed by atoms with E-state index in [1.807, 2.05) is 53.5 Å². The van der Waals surface area contributed by atoms with E-state index in [9.17, 15) is 19.7 Å². The molecular weight excluding hydrogens is 789 g/mol. The Kier molecular flexibility index (Phi) is 22.5. The van der Waals surface area contributed by atoms with Crippen molar-refractivity contribution in [1.29, 1.82) is 0 Å². The number of azo groups is 1. The van der Waals surface area contributed by atoms with Gasteiger partial charge in [-0.25, -0.2) is 9.59 Å². The van der Waals surface area contributed by atoms with Crippen LogP contribution in [0, 0.1) is 28.9 Å². The van der Waals surface area contributed by atoms with Crippen molar-refractivity contribution in [2.75, 3.05) is 51.1 Å². The second-order valence-electron chi connectivity index (χ2n) is 16.0. The number of nitrogens with one attached hydrogen (secondary N) is 1. The number of hydrogen-bond donors (Lipinski definition) is 2. The number of aryl methyl sites for hydroxylation is 1. The lowest BCUT2D eigenvalue weighted by Gasteiger charge is -2.25. The van der Waals surface area contributed by atoms with Crippen LogP contribution in [-0.2, 0) is 19.1 Å². The molecule has 62 heavy (non-hydrogen) atoms. The van der Waals surface area contributed by atoms with E-state index in [1.165, 1.54) is 0 Å². The van der Waals surface area contributed by atoms with Gasteiger partial charge in [-0.1, -0.05) is 85.5 Å². The lowest BCUT2D eigenvalue weighted by atomic mass is 10.0. The molecular formula is C48H71N6O8+. The van der Waals surface area contributed by atoms with Crippen LogP contribution >= 0.6 is 0 Å². The van der Waals surface area contributed by atoms with Crippen LogP contribution in [0.5, 0.6) is 11.5 Å². The number of nitrogens with zero attached hydrogens (tertiary/aromatic N) is 4. The maximum Gasteiger partial charge on any atom is 0.333 e. The molecule has 0 fully saturated rings. The molecule has 0 radical (unpaired) electrons. The molecule has 0 heterocycles. The van der Waals surface area contributed by atoms with Crippen LogP contribution in [0.3, 0.4) is 0 Å². The molecule has 0 bridgehead atoms. The molecule has 0 aliphatic heterocycles. The van der Waals surface area contributed by atoms with Gasteiger partial charge < -0.3 is 29.2 Å². The normalized spacial score (nSPS) is 14.4. The summed E-state index contributed by atoms with van der Waals surface area (Å²) >= 11 is 0. The molecule has 14 nitrogen and oxygen atoms in total. The Morgan fingerprint density at radius 2 is 1.47 bits per heavy atom. The van der Waals surface area contributed by atoms with E-state index >= 15 is 0 Å². The maximum absolute atomic E-state index is 12.1. The second-order valence-corrected chi connectivity index (χ2v) is 16.0. The number of unbranched alkanes of at least 4 members (excludes halogenated alkanes) is 2. The third-order valence-electron chi connectivity index (χ3n) is 10.8. The Bertz CT molecular complexity index is 1860. The number of carbonyl (C=O) groups is 2.